The lowest BCUT2D eigenvalue weighted by molar-refractivity contribution is 0.0788. The quantitative estimate of drug-likeness (QED) is 0.869. The van der Waals surface area contributed by atoms with E-state index in [0.717, 1.165) is 0 Å². The highest BCUT2D eigenvalue weighted by atomic mass is 35.5. The minimum absolute atomic E-state index is 0.0603. The van der Waals surface area contributed by atoms with Crippen molar-refractivity contribution in [3.63, 3.8) is 0 Å². The van der Waals surface area contributed by atoms with Crippen LogP contribution >= 0.6 is 11.6 Å². The Hall–Kier alpha value is -1.95. The predicted molar refractivity (Wildman–Crippen MR) is 73.0 cm³/mol. The van der Waals surface area contributed by atoms with E-state index in [-0.39, 0.29) is 22.7 Å². The molecule has 108 valence electrons. The number of amides is 2. The second kappa shape index (κ2) is 6.00. The molecule has 2 amide bonds. The Morgan fingerprint density at radius 2 is 2.25 bits per heavy atom. The highest BCUT2D eigenvalue weighted by molar-refractivity contribution is 6.32. The van der Waals surface area contributed by atoms with Crippen LogP contribution in [0.2, 0.25) is 5.02 Å². The lowest BCUT2D eigenvalue weighted by Gasteiger charge is -2.17. The van der Waals surface area contributed by atoms with Crippen molar-refractivity contribution < 1.29 is 19.4 Å². The van der Waals surface area contributed by atoms with Crippen molar-refractivity contribution in [1.82, 2.24) is 10.2 Å². The van der Waals surface area contributed by atoms with E-state index in [9.17, 15) is 14.7 Å². The average Bonchev–Trinajstić information content (AvgIpc) is 2.89. The van der Waals surface area contributed by atoms with Crippen LogP contribution in [0.4, 0.5) is 4.79 Å². The highest BCUT2D eigenvalue weighted by Gasteiger charge is 2.28. The second-order valence-electron chi connectivity index (χ2n) is 4.54. The van der Waals surface area contributed by atoms with Gasteiger partial charge in [-0.1, -0.05) is 11.6 Å². The molecule has 7 heteroatoms. The first-order valence-corrected chi connectivity index (χ1v) is 6.51. The third-order valence-corrected chi connectivity index (χ3v) is 3.48. The maximum absolute atomic E-state index is 12.3. The number of halogens is 1. The van der Waals surface area contributed by atoms with Crippen LogP contribution < -0.4 is 5.32 Å². The standard InChI is InChI=1S/C13H15ClN2O4/c1-20-13(19)15-9-4-5-16(7-9)12(18)8-2-3-11(17)10(14)6-8/h2-3,6,9,17H,4-5,7H2,1H3,(H,15,19). The summed E-state index contributed by atoms with van der Waals surface area (Å²) in [6, 6.07) is 4.22. The highest BCUT2D eigenvalue weighted by Crippen LogP contribution is 2.25. The largest absolute Gasteiger partial charge is 0.506 e. The summed E-state index contributed by atoms with van der Waals surface area (Å²) in [5, 5.41) is 12.1. The summed E-state index contributed by atoms with van der Waals surface area (Å²) in [6.07, 6.45) is 0.170. The van der Waals surface area contributed by atoms with Crippen molar-refractivity contribution >= 4 is 23.6 Å². The second-order valence-corrected chi connectivity index (χ2v) is 4.95. The molecule has 0 radical (unpaired) electrons. The van der Waals surface area contributed by atoms with Gasteiger partial charge in [-0.2, -0.15) is 0 Å². The zero-order chi connectivity index (χ0) is 14.7. The number of hydrogen-bond donors (Lipinski definition) is 2. The fourth-order valence-corrected chi connectivity index (χ4v) is 2.29. The normalized spacial score (nSPS) is 17.9. The number of ether oxygens (including phenoxy) is 1. The van der Waals surface area contributed by atoms with Gasteiger partial charge in [0.15, 0.2) is 0 Å². The molecule has 1 aromatic carbocycles. The molecule has 2 N–H and O–H groups in total. The number of benzene rings is 1. The first kappa shape index (κ1) is 14.5. The van der Waals surface area contributed by atoms with Crippen LogP contribution in [0.5, 0.6) is 5.75 Å². The number of aromatic hydroxyl groups is 1. The zero-order valence-electron chi connectivity index (χ0n) is 10.9. The molecule has 0 aliphatic carbocycles. The Kier molecular flexibility index (Phi) is 4.34. The summed E-state index contributed by atoms with van der Waals surface area (Å²) in [6.45, 7) is 0.971. The molecule has 1 saturated heterocycles. The molecule has 1 fully saturated rings. The Balaban J connectivity index is 2.00. The number of rotatable bonds is 2. The molecule has 6 nitrogen and oxygen atoms in total. The van der Waals surface area contributed by atoms with E-state index in [4.69, 9.17) is 11.6 Å². The smallest absolute Gasteiger partial charge is 0.407 e. The van der Waals surface area contributed by atoms with Gasteiger partial charge in [0.2, 0.25) is 0 Å². The minimum atomic E-state index is -0.503. The number of likely N-dealkylation sites (tertiary alicyclic amines) is 1. The molecule has 1 heterocycles. The van der Waals surface area contributed by atoms with Gasteiger partial charge >= 0.3 is 6.09 Å². The number of methoxy groups -OCH3 is 1. The number of nitrogens with one attached hydrogen (secondary N) is 1. The molecule has 2 rings (SSSR count). The predicted octanol–water partition coefficient (Wildman–Crippen LogP) is 1.62. The summed E-state index contributed by atoms with van der Waals surface area (Å²) in [4.78, 5) is 25.0. The summed E-state index contributed by atoms with van der Waals surface area (Å²) < 4.78 is 4.52. The third-order valence-electron chi connectivity index (χ3n) is 3.18. The number of nitrogens with zero attached hydrogens (tertiary/aromatic N) is 1. The Labute approximate surface area is 121 Å². The van der Waals surface area contributed by atoms with Crippen molar-refractivity contribution in [1.29, 1.82) is 0 Å². The molecular weight excluding hydrogens is 284 g/mol. The average molecular weight is 299 g/mol. The van der Waals surface area contributed by atoms with E-state index >= 15 is 0 Å². The van der Waals surface area contributed by atoms with E-state index in [1.807, 2.05) is 0 Å². The maximum Gasteiger partial charge on any atom is 0.407 e. The van der Waals surface area contributed by atoms with Crippen LogP contribution in [0.15, 0.2) is 18.2 Å². The van der Waals surface area contributed by atoms with Crippen LogP contribution in [-0.4, -0.2) is 48.2 Å². The van der Waals surface area contributed by atoms with Crippen LogP contribution in [0.25, 0.3) is 0 Å². The van der Waals surface area contributed by atoms with Gasteiger partial charge < -0.3 is 20.1 Å². The Bertz CT molecular complexity index is 535. The van der Waals surface area contributed by atoms with E-state index in [1.165, 1.54) is 25.3 Å². The van der Waals surface area contributed by atoms with Gasteiger partial charge in [0.05, 0.1) is 18.2 Å². The summed E-state index contributed by atoms with van der Waals surface area (Å²) in [7, 11) is 1.30. The molecule has 0 saturated carbocycles. The van der Waals surface area contributed by atoms with Crippen LogP contribution in [0.3, 0.4) is 0 Å². The first-order valence-electron chi connectivity index (χ1n) is 6.13. The van der Waals surface area contributed by atoms with Crippen molar-refractivity contribution in [2.75, 3.05) is 20.2 Å². The van der Waals surface area contributed by atoms with Crippen molar-refractivity contribution in [2.45, 2.75) is 12.5 Å². The van der Waals surface area contributed by atoms with Gasteiger partial charge in [0, 0.05) is 18.7 Å². The number of carbonyl (C=O) groups excluding carboxylic acids is 2. The van der Waals surface area contributed by atoms with E-state index in [2.05, 4.69) is 10.1 Å². The molecule has 1 aliphatic heterocycles. The van der Waals surface area contributed by atoms with E-state index in [0.29, 0.717) is 25.1 Å². The molecule has 1 atom stereocenters. The van der Waals surface area contributed by atoms with Gasteiger partial charge in [-0.05, 0) is 24.6 Å². The fourth-order valence-electron chi connectivity index (χ4n) is 2.11. The zero-order valence-corrected chi connectivity index (χ0v) is 11.7. The molecular formula is C13H15ClN2O4. The number of carbonyl (C=O) groups is 2. The number of phenolic OH excluding ortho intramolecular Hbond substituents is 1. The monoisotopic (exact) mass is 298 g/mol. The fraction of sp³-hybridized carbons (Fsp3) is 0.385. The molecule has 1 unspecified atom stereocenters. The topological polar surface area (TPSA) is 78.9 Å². The van der Waals surface area contributed by atoms with Gasteiger partial charge in [-0.25, -0.2) is 4.79 Å². The molecule has 1 aliphatic rings. The Morgan fingerprint density at radius 3 is 2.90 bits per heavy atom. The van der Waals surface area contributed by atoms with Crippen molar-refractivity contribution in [2.24, 2.45) is 0 Å². The summed E-state index contributed by atoms with van der Waals surface area (Å²) in [5.74, 6) is -0.240. The number of phenols is 1. The molecule has 0 spiro atoms. The molecule has 20 heavy (non-hydrogen) atoms. The summed E-state index contributed by atoms with van der Waals surface area (Å²) in [5.41, 5.74) is 0.409. The number of alkyl carbamates (subject to hydrolysis) is 1. The maximum atomic E-state index is 12.3. The molecule has 1 aromatic rings. The summed E-state index contributed by atoms with van der Waals surface area (Å²) >= 11 is 5.79. The van der Waals surface area contributed by atoms with Gasteiger partial charge in [-0.3, -0.25) is 4.79 Å². The molecule has 0 bridgehead atoms. The minimum Gasteiger partial charge on any atom is -0.506 e. The SMILES string of the molecule is COC(=O)NC1CCN(C(=O)c2ccc(O)c(Cl)c2)C1. The Morgan fingerprint density at radius 1 is 1.50 bits per heavy atom. The van der Waals surface area contributed by atoms with E-state index < -0.39 is 6.09 Å². The van der Waals surface area contributed by atoms with Gasteiger partial charge in [0.25, 0.3) is 5.91 Å². The van der Waals surface area contributed by atoms with Crippen LogP contribution in [-0.2, 0) is 4.74 Å². The first-order chi connectivity index (χ1) is 9.51. The van der Waals surface area contributed by atoms with Crippen LogP contribution in [0, 0.1) is 0 Å². The van der Waals surface area contributed by atoms with Crippen LogP contribution in [0.1, 0.15) is 16.8 Å². The van der Waals surface area contributed by atoms with Gasteiger partial charge in [0.1, 0.15) is 5.75 Å². The van der Waals surface area contributed by atoms with E-state index in [1.54, 1.807) is 4.90 Å². The van der Waals surface area contributed by atoms with Crippen molar-refractivity contribution in [3.8, 4) is 5.75 Å². The third kappa shape index (κ3) is 3.14. The molecule has 0 aromatic heterocycles. The van der Waals surface area contributed by atoms with Crippen molar-refractivity contribution in [3.05, 3.63) is 28.8 Å². The number of hydrogen-bond acceptors (Lipinski definition) is 4. The van der Waals surface area contributed by atoms with Gasteiger partial charge in [-0.15, -0.1) is 0 Å². The lowest BCUT2D eigenvalue weighted by Crippen LogP contribution is -2.38. The lowest BCUT2D eigenvalue weighted by atomic mass is 10.2.